The van der Waals surface area contributed by atoms with Gasteiger partial charge < -0.3 is 28.4 Å². The van der Waals surface area contributed by atoms with E-state index in [1.54, 1.807) is 74.8 Å². The van der Waals surface area contributed by atoms with E-state index in [2.05, 4.69) is 15.0 Å². The Morgan fingerprint density at radius 1 is 0.976 bits per heavy atom. The normalized spacial score (nSPS) is 11.4. The van der Waals surface area contributed by atoms with Crippen molar-refractivity contribution >= 4 is 28.8 Å². The van der Waals surface area contributed by atoms with Crippen molar-refractivity contribution in [1.82, 2.24) is 19.9 Å². The van der Waals surface area contributed by atoms with Crippen LogP contribution in [0.2, 0.25) is 0 Å². The maximum Gasteiger partial charge on any atom is 0.263 e. The van der Waals surface area contributed by atoms with E-state index in [9.17, 15) is 13.6 Å². The molecule has 13 heteroatoms. The fraction of sp³-hybridized carbons (Fsp3) is 0.214. The molecule has 2 aromatic carbocycles. The van der Waals surface area contributed by atoms with Crippen LogP contribution in [-0.4, -0.2) is 69.4 Å². The molecule has 4 rings (SSSR count). The molecule has 41 heavy (non-hydrogen) atoms. The van der Waals surface area contributed by atoms with E-state index in [0.717, 1.165) is 9.87 Å². The van der Waals surface area contributed by atoms with Gasteiger partial charge in [-0.1, -0.05) is 30.3 Å². The quantitative estimate of drug-likeness (QED) is 0.239. The number of likely N-dealkylation sites (N-methyl/N-ethyl adjacent to an activating group) is 1. The molecule has 0 bridgehead atoms. The van der Waals surface area contributed by atoms with Gasteiger partial charge in [0.15, 0.2) is 29.7 Å². The zero-order valence-corrected chi connectivity index (χ0v) is 23.9. The minimum absolute atomic E-state index is 0.0485. The third-order valence-electron chi connectivity index (χ3n) is 5.69. The summed E-state index contributed by atoms with van der Waals surface area (Å²) in [4.78, 5) is 26.8. The zero-order valence-electron chi connectivity index (χ0n) is 23.1. The van der Waals surface area contributed by atoms with Gasteiger partial charge in [-0.15, -0.1) is 0 Å². The number of hydrogen-bond acceptors (Lipinski definition) is 10. The highest BCUT2D eigenvalue weighted by atomic mass is 32.2. The van der Waals surface area contributed by atoms with Crippen LogP contribution >= 0.6 is 0 Å². The first-order valence-electron chi connectivity index (χ1n) is 12.2. The molecule has 1 unspecified atom stereocenters. The summed E-state index contributed by atoms with van der Waals surface area (Å²) >= 11 is -2.88. The average Bonchev–Trinajstić information content (AvgIpc) is 2.97. The van der Waals surface area contributed by atoms with E-state index >= 15 is 0 Å². The van der Waals surface area contributed by atoms with Crippen LogP contribution in [0, 0.1) is 6.92 Å². The molecule has 1 atom stereocenters. The van der Waals surface area contributed by atoms with Gasteiger partial charge in [0.05, 0.1) is 25.5 Å². The first-order chi connectivity index (χ1) is 19.7. The number of aromatic nitrogens is 3. The summed E-state index contributed by atoms with van der Waals surface area (Å²) in [6, 6.07) is 16.8. The van der Waals surface area contributed by atoms with E-state index in [1.165, 1.54) is 25.3 Å². The van der Waals surface area contributed by atoms with Gasteiger partial charge in [0.2, 0.25) is 5.75 Å². The summed E-state index contributed by atoms with van der Waals surface area (Å²) in [5.74, 6) is 0.731. The van der Waals surface area contributed by atoms with Crippen molar-refractivity contribution in [2.24, 2.45) is 0 Å². The predicted octanol–water partition coefficient (Wildman–Crippen LogP) is 4.06. The third kappa shape index (κ3) is 6.88. The first kappa shape index (κ1) is 29.2. The van der Waals surface area contributed by atoms with E-state index in [4.69, 9.17) is 18.9 Å². The fourth-order valence-electron chi connectivity index (χ4n) is 3.56. The maximum atomic E-state index is 12.7. The fourth-order valence-corrected chi connectivity index (χ4v) is 4.09. The average molecular weight is 579 g/mol. The number of para-hydroxylation sites is 2. The smallest absolute Gasteiger partial charge is 0.263 e. The van der Waals surface area contributed by atoms with Gasteiger partial charge in [-0.05, 0) is 42.8 Å². The van der Waals surface area contributed by atoms with Gasteiger partial charge in [-0.25, -0.2) is 14.3 Å². The molecule has 4 aromatic rings. The molecular weight excluding hydrogens is 550 g/mol. The number of methoxy groups -OCH3 is 2. The summed E-state index contributed by atoms with van der Waals surface area (Å²) in [7, 11) is 6.12. The summed E-state index contributed by atoms with van der Waals surface area (Å²) in [6.45, 7) is 1.66. The molecule has 214 valence electrons. The van der Waals surface area contributed by atoms with Crippen LogP contribution < -0.4 is 23.3 Å². The minimum atomic E-state index is -2.88. The lowest BCUT2D eigenvalue weighted by Gasteiger charge is -2.27. The number of hydrogen-bond donors (Lipinski definition) is 0. The Morgan fingerprint density at radius 3 is 2.37 bits per heavy atom. The Morgan fingerprint density at radius 2 is 1.73 bits per heavy atom. The molecule has 0 spiro atoms. The lowest BCUT2D eigenvalue weighted by atomic mass is 10.2. The standard InChI is InChI=1S/C28H29N5O7S/c1-18-13-14-23(29-16-18)33(41(35)36)27-25(40-22-12-7-6-11-21(22)37-4)28(38-5)31-26(30-27)19-9-8-10-20(15-19)39-17-24(34)32(2)3/h6-16H,17H2,1-5H3,(H,35,36)/p-1. The number of carbonyl (C=O) groups is 1. The zero-order chi connectivity index (χ0) is 29.5. The maximum absolute atomic E-state index is 12.7. The molecule has 2 aromatic heterocycles. The second kappa shape index (κ2) is 13.1. The van der Waals surface area contributed by atoms with Crippen molar-refractivity contribution in [3.63, 3.8) is 0 Å². The highest BCUT2D eigenvalue weighted by Crippen LogP contribution is 2.44. The Balaban J connectivity index is 1.88. The lowest BCUT2D eigenvalue weighted by molar-refractivity contribution is -0.130. The Bertz CT molecular complexity index is 1550. The molecule has 0 aliphatic heterocycles. The van der Waals surface area contributed by atoms with Crippen LogP contribution in [0.25, 0.3) is 11.4 Å². The van der Waals surface area contributed by atoms with Crippen molar-refractivity contribution in [2.45, 2.75) is 6.92 Å². The molecule has 0 aliphatic carbocycles. The van der Waals surface area contributed by atoms with Gasteiger partial charge in [-0.2, -0.15) is 4.98 Å². The molecule has 0 fully saturated rings. The van der Waals surface area contributed by atoms with Gasteiger partial charge in [-0.3, -0.25) is 9.00 Å². The highest BCUT2D eigenvalue weighted by molar-refractivity contribution is 7.81. The van der Waals surface area contributed by atoms with E-state index in [-0.39, 0.29) is 47.4 Å². The largest absolute Gasteiger partial charge is 0.755 e. The van der Waals surface area contributed by atoms with E-state index in [1.807, 2.05) is 6.92 Å². The summed E-state index contributed by atoms with van der Waals surface area (Å²) in [5.41, 5.74) is 1.30. The second-order valence-corrected chi connectivity index (χ2v) is 9.57. The number of anilines is 2. The van der Waals surface area contributed by atoms with E-state index in [0.29, 0.717) is 17.1 Å². The summed E-state index contributed by atoms with van der Waals surface area (Å²) in [6.07, 6.45) is 1.53. The topological polar surface area (TPSA) is 139 Å². The Kier molecular flexibility index (Phi) is 9.32. The van der Waals surface area contributed by atoms with Crippen molar-refractivity contribution in [3.8, 4) is 40.3 Å². The number of nitrogens with zero attached hydrogens (tertiary/aromatic N) is 5. The molecule has 0 saturated heterocycles. The number of rotatable bonds is 11. The highest BCUT2D eigenvalue weighted by Gasteiger charge is 2.27. The lowest BCUT2D eigenvalue weighted by Crippen LogP contribution is -2.27. The number of carbonyl (C=O) groups excluding carboxylic acids is 1. The van der Waals surface area contributed by atoms with Gasteiger partial charge in [0, 0.05) is 25.9 Å². The van der Waals surface area contributed by atoms with Crippen LogP contribution in [0.15, 0.2) is 66.9 Å². The summed E-state index contributed by atoms with van der Waals surface area (Å²) in [5, 5.41) is 0. The number of ether oxygens (including phenoxy) is 4. The Hall–Kier alpha value is -4.75. The molecule has 0 N–H and O–H groups in total. The number of aryl methyl sites for hydroxylation is 1. The molecule has 12 nitrogen and oxygen atoms in total. The Labute approximate surface area is 239 Å². The van der Waals surface area contributed by atoms with Crippen LogP contribution in [0.1, 0.15) is 5.56 Å². The predicted molar refractivity (Wildman–Crippen MR) is 151 cm³/mol. The molecule has 0 aliphatic rings. The SMILES string of the molecule is COc1ccccc1Oc1c(OC)nc(-c2cccc(OCC(=O)N(C)C)c2)nc1N(c1ccc(C)cn1)S(=O)[O-]. The second-order valence-electron chi connectivity index (χ2n) is 8.77. The molecule has 2 heterocycles. The van der Waals surface area contributed by atoms with Gasteiger partial charge >= 0.3 is 0 Å². The van der Waals surface area contributed by atoms with Crippen LogP contribution in [-0.2, 0) is 16.1 Å². The number of amides is 1. The number of pyridine rings is 1. The molecular formula is C28H28N5O7S-. The third-order valence-corrected chi connectivity index (χ3v) is 6.35. The summed E-state index contributed by atoms with van der Waals surface area (Å²) < 4.78 is 49.0. The van der Waals surface area contributed by atoms with Crippen molar-refractivity contribution in [1.29, 1.82) is 0 Å². The van der Waals surface area contributed by atoms with Gasteiger partial charge in [0.1, 0.15) is 11.6 Å². The van der Waals surface area contributed by atoms with Crippen molar-refractivity contribution in [2.75, 3.05) is 39.2 Å². The first-order valence-corrected chi connectivity index (χ1v) is 13.3. The molecule has 0 saturated carbocycles. The molecule has 0 radical (unpaired) electrons. The van der Waals surface area contributed by atoms with Crippen molar-refractivity contribution < 1.29 is 32.5 Å². The molecule has 1 amide bonds. The van der Waals surface area contributed by atoms with Crippen LogP contribution in [0.3, 0.4) is 0 Å². The van der Waals surface area contributed by atoms with Crippen LogP contribution in [0.5, 0.6) is 28.9 Å². The monoisotopic (exact) mass is 578 g/mol. The minimum Gasteiger partial charge on any atom is -0.755 e. The van der Waals surface area contributed by atoms with Crippen molar-refractivity contribution in [3.05, 3.63) is 72.4 Å². The van der Waals surface area contributed by atoms with Crippen LogP contribution in [0.4, 0.5) is 11.6 Å². The van der Waals surface area contributed by atoms with E-state index < -0.39 is 11.3 Å². The number of benzene rings is 2. The van der Waals surface area contributed by atoms with Gasteiger partial charge in [0.25, 0.3) is 11.8 Å².